The Labute approximate surface area is 98.1 Å². The van der Waals surface area contributed by atoms with Crippen LogP contribution < -0.4 is 5.73 Å². The quantitative estimate of drug-likeness (QED) is 0.791. The zero-order valence-corrected chi connectivity index (χ0v) is 10.5. The van der Waals surface area contributed by atoms with E-state index in [1.807, 2.05) is 19.9 Å². The Morgan fingerprint density at radius 1 is 1.47 bits per heavy atom. The summed E-state index contributed by atoms with van der Waals surface area (Å²) in [6.07, 6.45) is -0.254. The van der Waals surface area contributed by atoms with Crippen LogP contribution in [0.5, 0.6) is 5.75 Å². The maximum absolute atomic E-state index is 9.87. The Morgan fingerprint density at radius 2 is 2.07 bits per heavy atom. The van der Waals surface area contributed by atoms with Gasteiger partial charge in [0.25, 0.3) is 0 Å². The molecule has 1 aromatic rings. The van der Waals surface area contributed by atoms with Gasteiger partial charge in [-0.2, -0.15) is 0 Å². The number of hydrogen-bond acceptors (Lipinski definition) is 3. The number of aliphatic hydroxyl groups is 1. The lowest BCUT2D eigenvalue weighted by Gasteiger charge is -2.17. The van der Waals surface area contributed by atoms with Crippen molar-refractivity contribution in [2.45, 2.75) is 26.4 Å². The fourth-order valence-electron chi connectivity index (χ4n) is 1.60. The molecule has 0 heterocycles. The molecular weight excluding hydrogens is 258 g/mol. The highest BCUT2D eigenvalue weighted by Gasteiger charge is 2.18. The van der Waals surface area contributed by atoms with Crippen molar-refractivity contribution in [3.05, 3.63) is 27.2 Å². The fraction of sp³-hybridized carbons (Fsp3) is 0.455. The van der Waals surface area contributed by atoms with Gasteiger partial charge in [0.2, 0.25) is 0 Å². The van der Waals surface area contributed by atoms with E-state index >= 15 is 0 Å². The topological polar surface area (TPSA) is 66.5 Å². The van der Waals surface area contributed by atoms with Gasteiger partial charge in [-0.25, -0.2) is 0 Å². The summed E-state index contributed by atoms with van der Waals surface area (Å²) in [6, 6.07) is 1.84. The number of benzene rings is 1. The number of phenolic OH excluding ortho intramolecular Hbond substituents is 1. The molecule has 0 aliphatic carbocycles. The van der Waals surface area contributed by atoms with E-state index in [-0.39, 0.29) is 5.75 Å². The number of aryl methyl sites for hydroxylation is 1. The van der Waals surface area contributed by atoms with Gasteiger partial charge in [0.1, 0.15) is 5.75 Å². The molecule has 1 rings (SSSR count). The van der Waals surface area contributed by atoms with Crippen molar-refractivity contribution in [2.75, 3.05) is 6.54 Å². The van der Waals surface area contributed by atoms with E-state index in [1.54, 1.807) is 0 Å². The summed E-state index contributed by atoms with van der Waals surface area (Å²) in [5.41, 5.74) is 7.91. The summed E-state index contributed by atoms with van der Waals surface area (Å²) in [5, 5.41) is 19.7. The van der Waals surface area contributed by atoms with Crippen molar-refractivity contribution < 1.29 is 10.2 Å². The number of rotatable bonds is 3. The Kier molecular flexibility index (Phi) is 4.13. The van der Waals surface area contributed by atoms with Crippen molar-refractivity contribution >= 4 is 15.9 Å². The predicted molar refractivity (Wildman–Crippen MR) is 63.9 cm³/mol. The van der Waals surface area contributed by atoms with Gasteiger partial charge in [0, 0.05) is 5.56 Å². The number of aromatic hydroxyl groups is 1. The molecule has 0 bridgehead atoms. The van der Waals surface area contributed by atoms with E-state index < -0.39 is 6.10 Å². The van der Waals surface area contributed by atoms with Gasteiger partial charge in [0.05, 0.1) is 10.6 Å². The first-order valence-electron chi connectivity index (χ1n) is 4.85. The second-order valence-corrected chi connectivity index (χ2v) is 4.51. The van der Waals surface area contributed by atoms with E-state index in [1.165, 1.54) is 0 Å². The standard InChI is InChI=1S/C11H16BrNO2/c1-6-5-8(12)11(15)10(7(6)2)9(14)3-4-13/h5,9,14-15H,3-4,13H2,1-2H3. The number of nitrogens with two attached hydrogens (primary N) is 1. The molecule has 1 unspecified atom stereocenters. The van der Waals surface area contributed by atoms with Crippen LogP contribution in [0.4, 0.5) is 0 Å². The molecule has 0 aliphatic heterocycles. The molecule has 4 N–H and O–H groups in total. The fourth-order valence-corrected chi connectivity index (χ4v) is 2.15. The number of hydrogen-bond donors (Lipinski definition) is 3. The first-order valence-corrected chi connectivity index (χ1v) is 5.65. The summed E-state index contributed by atoms with van der Waals surface area (Å²) in [4.78, 5) is 0. The van der Waals surface area contributed by atoms with Gasteiger partial charge in [-0.1, -0.05) is 0 Å². The molecule has 15 heavy (non-hydrogen) atoms. The summed E-state index contributed by atoms with van der Waals surface area (Å²) in [5.74, 6) is 0.110. The van der Waals surface area contributed by atoms with Crippen molar-refractivity contribution in [2.24, 2.45) is 5.73 Å². The summed E-state index contributed by atoms with van der Waals surface area (Å²) < 4.78 is 0.608. The number of halogens is 1. The molecule has 84 valence electrons. The predicted octanol–water partition coefficient (Wildman–Crippen LogP) is 2.15. The first-order chi connectivity index (χ1) is 6.99. The number of aliphatic hydroxyl groups excluding tert-OH is 1. The smallest absolute Gasteiger partial charge is 0.135 e. The zero-order valence-electron chi connectivity index (χ0n) is 8.92. The molecule has 3 nitrogen and oxygen atoms in total. The molecule has 0 spiro atoms. The number of phenols is 1. The molecule has 1 aromatic carbocycles. The van der Waals surface area contributed by atoms with Gasteiger partial charge in [-0.05, 0) is 59.9 Å². The lowest BCUT2D eigenvalue weighted by molar-refractivity contribution is 0.165. The van der Waals surface area contributed by atoms with Crippen LogP contribution in [0.15, 0.2) is 10.5 Å². The van der Waals surface area contributed by atoms with E-state index in [9.17, 15) is 10.2 Å². The molecule has 0 aromatic heterocycles. The van der Waals surface area contributed by atoms with Crippen molar-refractivity contribution in [1.29, 1.82) is 0 Å². The monoisotopic (exact) mass is 273 g/mol. The third-order valence-corrected chi connectivity index (χ3v) is 3.20. The molecule has 0 amide bonds. The second-order valence-electron chi connectivity index (χ2n) is 3.66. The van der Waals surface area contributed by atoms with Gasteiger partial charge in [-0.15, -0.1) is 0 Å². The average molecular weight is 274 g/mol. The highest BCUT2D eigenvalue weighted by atomic mass is 79.9. The molecule has 0 aliphatic rings. The molecule has 0 fully saturated rings. The largest absolute Gasteiger partial charge is 0.506 e. The Hall–Kier alpha value is -0.580. The summed E-state index contributed by atoms with van der Waals surface area (Å²) in [6.45, 7) is 4.22. The first kappa shape index (κ1) is 12.5. The maximum Gasteiger partial charge on any atom is 0.135 e. The van der Waals surface area contributed by atoms with Gasteiger partial charge >= 0.3 is 0 Å². The van der Waals surface area contributed by atoms with E-state index in [0.29, 0.717) is 23.0 Å². The Morgan fingerprint density at radius 3 is 2.60 bits per heavy atom. The molecule has 0 saturated carbocycles. The van der Waals surface area contributed by atoms with Crippen LogP contribution >= 0.6 is 15.9 Å². The Bertz CT molecular complexity index is 340. The molecule has 1 atom stereocenters. The lowest BCUT2D eigenvalue weighted by atomic mass is 9.96. The third kappa shape index (κ3) is 2.51. The molecule has 0 saturated heterocycles. The minimum absolute atomic E-state index is 0.110. The minimum Gasteiger partial charge on any atom is -0.506 e. The van der Waals surface area contributed by atoms with Crippen LogP contribution in [0.1, 0.15) is 29.2 Å². The molecule has 4 heteroatoms. The van der Waals surface area contributed by atoms with E-state index in [4.69, 9.17) is 5.73 Å². The summed E-state index contributed by atoms with van der Waals surface area (Å²) >= 11 is 3.26. The van der Waals surface area contributed by atoms with Crippen LogP contribution in [0.2, 0.25) is 0 Å². The highest BCUT2D eigenvalue weighted by molar-refractivity contribution is 9.10. The molecular formula is C11H16BrNO2. The maximum atomic E-state index is 9.87. The van der Waals surface area contributed by atoms with Gasteiger partial charge in [0.15, 0.2) is 0 Å². The van der Waals surface area contributed by atoms with Crippen LogP contribution in [-0.4, -0.2) is 16.8 Å². The van der Waals surface area contributed by atoms with Gasteiger partial charge in [-0.3, -0.25) is 0 Å². The summed E-state index contributed by atoms with van der Waals surface area (Å²) in [7, 11) is 0. The Balaban J connectivity index is 3.26. The van der Waals surface area contributed by atoms with E-state index in [0.717, 1.165) is 11.1 Å². The van der Waals surface area contributed by atoms with Crippen molar-refractivity contribution in [3.63, 3.8) is 0 Å². The van der Waals surface area contributed by atoms with Crippen LogP contribution in [0, 0.1) is 13.8 Å². The normalized spacial score (nSPS) is 12.9. The molecule has 0 radical (unpaired) electrons. The van der Waals surface area contributed by atoms with Gasteiger partial charge < -0.3 is 15.9 Å². The lowest BCUT2D eigenvalue weighted by Crippen LogP contribution is -2.09. The third-order valence-electron chi connectivity index (χ3n) is 2.59. The van der Waals surface area contributed by atoms with Crippen molar-refractivity contribution in [3.8, 4) is 5.75 Å². The van der Waals surface area contributed by atoms with Crippen molar-refractivity contribution in [1.82, 2.24) is 0 Å². The highest BCUT2D eigenvalue weighted by Crippen LogP contribution is 2.37. The van der Waals surface area contributed by atoms with Crippen LogP contribution in [0.3, 0.4) is 0 Å². The van der Waals surface area contributed by atoms with Crippen LogP contribution in [0.25, 0.3) is 0 Å². The zero-order chi connectivity index (χ0) is 11.6. The van der Waals surface area contributed by atoms with E-state index in [2.05, 4.69) is 15.9 Å². The second kappa shape index (κ2) is 4.96. The SMILES string of the molecule is Cc1cc(Br)c(O)c(C(O)CCN)c1C. The minimum atomic E-state index is -0.703. The van der Waals surface area contributed by atoms with Crippen LogP contribution in [-0.2, 0) is 0 Å². The average Bonchev–Trinajstić information content (AvgIpc) is 2.16.